The molecule has 0 bridgehead atoms. The minimum absolute atomic E-state index is 0.155. The van der Waals surface area contributed by atoms with E-state index in [4.69, 9.17) is 4.74 Å². The number of ketones is 1. The third kappa shape index (κ3) is 4.08. The Bertz CT molecular complexity index is 458. The average molecular weight is 275 g/mol. The molecule has 4 heteroatoms. The number of ether oxygens (including phenoxy) is 1. The minimum atomic E-state index is -0.264. The Morgan fingerprint density at radius 1 is 1.30 bits per heavy atom. The van der Waals surface area contributed by atoms with Gasteiger partial charge in [-0.05, 0) is 31.7 Å². The molecule has 1 aromatic carbocycles. The van der Waals surface area contributed by atoms with Crippen molar-refractivity contribution in [1.82, 2.24) is 4.90 Å². The topological polar surface area (TPSA) is 46.6 Å². The van der Waals surface area contributed by atoms with Gasteiger partial charge in [-0.1, -0.05) is 30.3 Å². The first-order chi connectivity index (χ1) is 9.66. The van der Waals surface area contributed by atoms with Gasteiger partial charge in [-0.2, -0.15) is 0 Å². The number of nitrogens with zero attached hydrogens (tertiary/aromatic N) is 1. The van der Waals surface area contributed by atoms with Crippen LogP contribution in [0.1, 0.15) is 38.2 Å². The minimum Gasteiger partial charge on any atom is -0.445 e. The number of amides is 1. The van der Waals surface area contributed by atoms with Crippen LogP contribution >= 0.6 is 0 Å². The highest BCUT2D eigenvalue weighted by Gasteiger charge is 2.29. The van der Waals surface area contributed by atoms with Crippen LogP contribution in [0.5, 0.6) is 0 Å². The second-order valence-electron chi connectivity index (χ2n) is 5.27. The summed E-state index contributed by atoms with van der Waals surface area (Å²) in [4.78, 5) is 24.9. The molecule has 0 N–H and O–H groups in total. The quantitative estimate of drug-likeness (QED) is 0.829. The zero-order chi connectivity index (χ0) is 14.4. The van der Waals surface area contributed by atoms with E-state index in [2.05, 4.69) is 0 Å². The second-order valence-corrected chi connectivity index (χ2v) is 5.27. The van der Waals surface area contributed by atoms with E-state index in [9.17, 15) is 9.59 Å². The standard InChI is InChI=1S/C16H21NO3/c1-13(18)9-10-15-8-5-11-17(15)16(19)20-12-14-6-3-2-4-7-14/h2-4,6-7,15H,5,8-12H2,1H3. The molecule has 1 aliphatic rings. The van der Waals surface area contributed by atoms with Crippen LogP contribution in [0.3, 0.4) is 0 Å². The van der Waals surface area contributed by atoms with Gasteiger partial charge in [-0.3, -0.25) is 0 Å². The van der Waals surface area contributed by atoms with Crippen molar-refractivity contribution in [3.8, 4) is 0 Å². The molecule has 108 valence electrons. The first kappa shape index (κ1) is 14.6. The molecular weight excluding hydrogens is 254 g/mol. The normalized spacial score (nSPS) is 18.1. The van der Waals surface area contributed by atoms with Crippen molar-refractivity contribution in [2.75, 3.05) is 6.54 Å². The predicted molar refractivity (Wildman–Crippen MR) is 76.3 cm³/mol. The van der Waals surface area contributed by atoms with Gasteiger partial charge in [0.05, 0.1) is 0 Å². The molecule has 0 spiro atoms. The lowest BCUT2D eigenvalue weighted by molar-refractivity contribution is -0.117. The van der Waals surface area contributed by atoms with Crippen molar-refractivity contribution in [2.24, 2.45) is 0 Å². The van der Waals surface area contributed by atoms with Crippen molar-refractivity contribution < 1.29 is 14.3 Å². The molecule has 1 amide bonds. The summed E-state index contributed by atoms with van der Waals surface area (Å²) in [6.45, 7) is 2.62. The molecule has 4 nitrogen and oxygen atoms in total. The highest BCUT2D eigenvalue weighted by Crippen LogP contribution is 2.22. The van der Waals surface area contributed by atoms with Crippen molar-refractivity contribution >= 4 is 11.9 Å². The third-order valence-electron chi connectivity index (χ3n) is 3.65. The summed E-state index contributed by atoms with van der Waals surface area (Å²) < 4.78 is 5.35. The first-order valence-electron chi connectivity index (χ1n) is 7.13. The molecule has 2 rings (SSSR count). The fourth-order valence-electron chi connectivity index (χ4n) is 2.55. The maximum Gasteiger partial charge on any atom is 0.410 e. The number of likely N-dealkylation sites (tertiary alicyclic amines) is 1. The lowest BCUT2D eigenvalue weighted by Crippen LogP contribution is -2.36. The number of hydrogen-bond acceptors (Lipinski definition) is 3. The van der Waals surface area contributed by atoms with Crippen molar-refractivity contribution in [3.05, 3.63) is 35.9 Å². The Kier molecular flexibility index (Phi) is 5.16. The van der Waals surface area contributed by atoms with E-state index in [-0.39, 0.29) is 17.9 Å². The van der Waals surface area contributed by atoms with Crippen LogP contribution in [0.15, 0.2) is 30.3 Å². The Morgan fingerprint density at radius 3 is 2.75 bits per heavy atom. The lowest BCUT2D eigenvalue weighted by Gasteiger charge is -2.23. The monoisotopic (exact) mass is 275 g/mol. The molecule has 1 aromatic rings. The molecule has 1 aliphatic heterocycles. The molecule has 0 aromatic heterocycles. The smallest absolute Gasteiger partial charge is 0.410 e. The van der Waals surface area contributed by atoms with Crippen LogP contribution in [0.2, 0.25) is 0 Å². The predicted octanol–water partition coefficient (Wildman–Crippen LogP) is 3.16. The highest BCUT2D eigenvalue weighted by atomic mass is 16.6. The number of hydrogen-bond donors (Lipinski definition) is 0. The van der Waals surface area contributed by atoms with Crippen molar-refractivity contribution in [1.29, 1.82) is 0 Å². The zero-order valence-electron chi connectivity index (χ0n) is 11.9. The van der Waals surface area contributed by atoms with Gasteiger partial charge < -0.3 is 14.4 Å². The van der Waals surface area contributed by atoms with E-state index >= 15 is 0 Å². The number of carbonyl (C=O) groups is 2. The molecule has 1 unspecified atom stereocenters. The third-order valence-corrected chi connectivity index (χ3v) is 3.65. The Hall–Kier alpha value is -1.84. The largest absolute Gasteiger partial charge is 0.445 e. The first-order valence-corrected chi connectivity index (χ1v) is 7.13. The average Bonchev–Trinajstić information content (AvgIpc) is 2.92. The molecule has 1 atom stereocenters. The van der Waals surface area contributed by atoms with Gasteiger partial charge in [-0.25, -0.2) is 4.79 Å². The van der Waals surface area contributed by atoms with Gasteiger partial charge in [0.2, 0.25) is 0 Å². The molecule has 1 saturated heterocycles. The van der Waals surface area contributed by atoms with E-state index in [0.717, 1.165) is 31.4 Å². The fourth-order valence-corrected chi connectivity index (χ4v) is 2.55. The maximum atomic E-state index is 12.1. The lowest BCUT2D eigenvalue weighted by atomic mass is 10.1. The molecule has 0 radical (unpaired) electrons. The second kappa shape index (κ2) is 7.08. The molecule has 0 aliphatic carbocycles. The summed E-state index contributed by atoms with van der Waals surface area (Å²) in [6, 6.07) is 9.81. The summed E-state index contributed by atoms with van der Waals surface area (Å²) >= 11 is 0. The van der Waals surface area contributed by atoms with Crippen molar-refractivity contribution in [2.45, 2.75) is 45.3 Å². The van der Waals surface area contributed by atoms with Gasteiger partial charge in [0, 0.05) is 19.0 Å². The molecule has 1 fully saturated rings. The number of carbonyl (C=O) groups excluding carboxylic acids is 2. The Morgan fingerprint density at radius 2 is 2.05 bits per heavy atom. The number of benzene rings is 1. The van der Waals surface area contributed by atoms with Gasteiger partial charge in [-0.15, -0.1) is 0 Å². The van der Waals surface area contributed by atoms with Crippen LogP contribution in [-0.4, -0.2) is 29.4 Å². The fraction of sp³-hybridized carbons (Fsp3) is 0.500. The van der Waals surface area contributed by atoms with Crippen LogP contribution < -0.4 is 0 Å². The van der Waals surface area contributed by atoms with E-state index in [0.29, 0.717) is 13.0 Å². The summed E-state index contributed by atoms with van der Waals surface area (Å²) in [5.74, 6) is 0.175. The van der Waals surface area contributed by atoms with Gasteiger partial charge in [0.25, 0.3) is 0 Å². The summed E-state index contributed by atoms with van der Waals surface area (Å²) in [6.07, 6.45) is 2.97. The zero-order valence-corrected chi connectivity index (χ0v) is 11.9. The Balaban J connectivity index is 1.83. The number of rotatable bonds is 5. The van der Waals surface area contributed by atoms with E-state index < -0.39 is 0 Å². The SMILES string of the molecule is CC(=O)CCC1CCCN1C(=O)OCc1ccccc1. The van der Waals surface area contributed by atoms with Gasteiger partial charge in [0.15, 0.2) is 0 Å². The number of Topliss-reactive ketones (excluding diaryl/α,β-unsaturated/α-hetero) is 1. The van der Waals surface area contributed by atoms with Crippen LogP contribution in [0.25, 0.3) is 0 Å². The molecule has 0 saturated carbocycles. The van der Waals surface area contributed by atoms with Crippen LogP contribution in [-0.2, 0) is 16.1 Å². The summed E-state index contributed by atoms with van der Waals surface area (Å²) in [5, 5.41) is 0. The molecule has 1 heterocycles. The van der Waals surface area contributed by atoms with E-state index in [1.165, 1.54) is 0 Å². The maximum absolute atomic E-state index is 12.1. The molecular formula is C16H21NO3. The van der Waals surface area contributed by atoms with Gasteiger partial charge >= 0.3 is 6.09 Å². The van der Waals surface area contributed by atoms with Crippen LogP contribution in [0.4, 0.5) is 4.79 Å². The van der Waals surface area contributed by atoms with E-state index in [1.807, 2.05) is 30.3 Å². The summed E-state index contributed by atoms with van der Waals surface area (Å²) in [5.41, 5.74) is 0.986. The summed E-state index contributed by atoms with van der Waals surface area (Å²) in [7, 11) is 0. The van der Waals surface area contributed by atoms with Crippen LogP contribution in [0, 0.1) is 0 Å². The highest BCUT2D eigenvalue weighted by molar-refractivity contribution is 5.75. The molecule has 20 heavy (non-hydrogen) atoms. The Labute approximate surface area is 119 Å². The van der Waals surface area contributed by atoms with Gasteiger partial charge in [0.1, 0.15) is 12.4 Å². The van der Waals surface area contributed by atoms with E-state index in [1.54, 1.807) is 11.8 Å². The van der Waals surface area contributed by atoms with Crippen molar-refractivity contribution in [3.63, 3.8) is 0 Å².